The highest BCUT2D eigenvalue weighted by Crippen LogP contribution is 2.29. The molecule has 0 amide bonds. The molecule has 2 N–H and O–H groups in total. The molecule has 0 fully saturated rings. The molecule has 0 unspecified atom stereocenters. The Balaban J connectivity index is 2.85. The first-order valence-corrected chi connectivity index (χ1v) is 6.32. The van der Waals surface area contributed by atoms with E-state index in [1.807, 2.05) is 6.92 Å². The van der Waals surface area contributed by atoms with Crippen molar-refractivity contribution in [3.05, 3.63) is 23.3 Å². The van der Waals surface area contributed by atoms with Crippen LogP contribution in [0.25, 0.3) is 0 Å². The summed E-state index contributed by atoms with van der Waals surface area (Å²) in [6.45, 7) is 4.54. The molecule has 4 heteroatoms. The second kappa shape index (κ2) is 6.89. The molecule has 4 nitrogen and oxygen atoms in total. The first-order chi connectivity index (χ1) is 8.60. The summed E-state index contributed by atoms with van der Waals surface area (Å²) in [7, 11) is 0. The zero-order valence-corrected chi connectivity index (χ0v) is 10.9. The van der Waals surface area contributed by atoms with Gasteiger partial charge in [-0.15, -0.1) is 0 Å². The number of phenols is 1. The predicted molar refractivity (Wildman–Crippen MR) is 69.5 cm³/mol. The van der Waals surface area contributed by atoms with Gasteiger partial charge in [-0.05, 0) is 30.5 Å². The van der Waals surface area contributed by atoms with Gasteiger partial charge in [-0.25, -0.2) is 4.79 Å². The molecule has 0 atom stereocenters. The van der Waals surface area contributed by atoms with E-state index < -0.39 is 5.97 Å². The van der Waals surface area contributed by atoms with Crippen LogP contribution >= 0.6 is 0 Å². The maximum atomic E-state index is 11.0. The lowest BCUT2D eigenvalue weighted by molar-refractivity contribution is 0.0693. The van der Waals surface area contributed by atoms with Gasteiger partial charge in [-0.1, -0.05) is 26.7 Å². The van der Waals surface area contributed by atoms with Crippen LogP contribution in [-0.2, 0) is 6.42 Å². The summed E-state index contributed by atoms with van der Waals surface area (Å²) in [5.74, 6) is -0.787. The molecule has 1 rings (SSSR count). The van der Waals surface area contributed by atoms with Crippen molar-refractivity contribution in [1.82, 2.24) is 0 Å². The summed E-state index contributed by atoms with van der Waals surface area (Å²) in [6.07, 6.45) is 3.71. The Morgan fingerprint density at radius 3 is 2.56 bits per heavy atom. The van der Waals surface area contributed by atoms with E-state index in [1.165, 1.54) is 6.07 Å². The molecule has 0 aromatic heterocycles. The number of ether oxygens (including phenoxy) is 1. The van der Waals surface area contributed by atoms with Gasteiger partial charge in [-0.2, -0.15) is 0 Å². The van der Waals surface area contributed by atoms with Crippen LogP contribution in [0.3, 0.4) is 0 Å². The molecular weight excluding hydrogens is 232 g/mol. The third-order valence-corrected chi connectivity index (χ3v) is 2.79. The molecule has 0 saturated heterocycles. The van der Waals surface area contributed by atoms with E-state index >= 15 is 0 Å². The topological polar surface area (TPSA) is 66.8 Å². The number of carbonyl (C=O) groups is 1. The maximum Gasteiger partial charge on any atom is 0.339 e. The molecule has 1 aromatic rings. The minimum absolute atomic E-state index is 0.0974. The van der Waals surface area contributed by atoms with Gasteiger partial charge >= 0.3 is 5.97 Å². The third-order valence-electron chi connectivity index (χ3n) is 2.79. The molecule has 0 aliphatic rings. The molecule has 18 heavy (non-hydrogen) atoms. The number of hydrogen-bond donors (Lipinski definition) is 2. The van der Waals surface area contributed by atoms with Crippen molar-refractivity contribution in [2.75, 3.05) is 6.61 Å². The highest BCUT2D eigenvalue weighted by atomic mass is 16.5. The largest absolute Gasteiger partial charge is 0.507 e. The fourth-order valence-corrected chi connectivity index (χ4v) is 1.72. The van der Waals surface area contributed by atoms with E-state index in [0.29, 0.717) is 24.3 Å². The minimum Gasteiger partial charge on any atom is -0.507 e. The number of rotatable bonds is 7. The van der Waals surface area contributed by atoms with Crippen LogP contribution in [0.4, 0.5) is 0 Å². The molecule has 0 radical (unpaired) electrons. The molecule has 1 aromatic carbocycles. The summed E-state index contributed by atoms with van der Waals surface area (Å²) in [4.78, 5) is 11.0. The van der Waals surface area contributed by atoms with Gasteiger partial charge in [0.15, 0.2) is 0 Å². The zero-order valence-electron chi connectivity index (χ0n) is 10.9. The number of aryl methyl sites for hydroxylation is 1. The van der Waals surface area contributed by atoms with Crippen molar-refractivity contribution in [2.24, 2.45) is 0 Å². The lowest BCUT2D eigenvalue weighted by Gasteiger charge is -2.11. The van der Waals surface area contributed by atoms with E-state index in [-0.39, 0.29) is 11.3 Å². The monoisotopic (exact) mass is 252 g/mol. The molecular formula is C14H20O4. The number of carboxylic acid groups (broad SMARTS) is 1. The fraction of sp³-hybridized carbons (Fsp3) is 0.500. The first kappa shape index (κ1) is 14.4. The van der Waals surface area contributed by atoms with Crippen molar-refractivity contribution < 1.29 is 19.7 Å². The predicted octanol–water partition coefficient (Wildman–Crippen LogP) is 3.22. The van der Waals surface area contributed by atoms with Gasteiger partial charge in [0.25, 0.3) is 0 Å². The third kappa shape index (κ3) is 3.65. The first-order valence-electron chi connectivity index (χ1n) is 6.32. The Hall–Kier alpha value is -1.71. The number of aromatic carboxylic acids is 1. The smallest absolute Gasteiger partial charge is 0.339 e. The van der Waals surface area contributed by atoms with Crippen molar-refractivity contribution in [3.8, 4) is 11.5 Å². The van der Waals surface area contributed by atoms with E-state index in [9.17, 15) is 9.90 Å². The molecule has 0 bridgehead atoms. The summed E-state index contributed by atoms with van der Waals surface area (Å²) < 4.78 is 5.52. The van der Waals surface area contributed by atoms with Crippen LogP contribution in [0, 0.1) is 0 Å². The quantitative estimate of drug-likeness (QED) is 0.731. The van der Waals surface area contributed by atoms with Crippen molar-refractivity contribution in [2.45, 2.75) is 39.5 Å². The lowest BCUT2D eigenvalue weighted by Crippen LogP contribution is -2.03. The number of aromatic hydroxyl groups is 1. The summed E-state index contributed by atoms with van der Waals surface area (Å²) in [6, 6.07) is 3.08. The highest BCUT2D eigenvalue weighted by Gasteiger charge is 2.15. The van der Waals surface area contributed by atoms with Crippen LogP contribution in [0.5, 0.6) is 11.5 Å². The van der Waals surface area contributed by atoms with Crippen LogP contribution in [0.1, 0.15) is 49.0 Å². The average molecular weight is 252 g/mol. The Kier molecular flexibility index (Phi) is 5.49. The normalized spacial score (nSPS) is 10.3. The molecule has 0 heterocycles. The van der Waals surface area contributed by atoms with Crippen LogP contribution in [-0.4, -0.2) is 22.8 Å². The molecule has 0 spiro atoms. The van der Waals surface area contributed by atoms with Crippen molar-refractivity contribution in [1.29, 1.82) is 0 Å². The van der Waals surface area contributed by atoms with E-state index in [1.54, 1.807) is 6.07 Å². The Morgan fingerprint density at radius 2 is 2.00 bits per heavy atom. The van der Waals surface area contributed by atoms with Gasteiger partial charge in [0.05, 0.1) is 6.61 Å². The number of unbranched alkanes of at least 4 members (excludes halogenated alkanes) is 2. The molecule has 0 aliphatic carbocycles. The zero-order chi connectivity index (χ0) is 13.5. The Morgan fingerprint density at radius 1 is 1.28 bits per heavy atom. The highest BCUT2D eigenvalue weighted by molar-refractivity contribution is 5.91. The molecule has 0 aliphatic heterocycles. The van der Waals surface area contributed by atoms with E-state index in [4.69, 9.17) is 9.84 Å². The standard InChI is InChI=1S/C14H20O4/c1-3-5-6-7-18-11-8-10(4-2)13(15)12(9-11)14(16)17/h8-9,15H,3-7H2,1-2H3,(H,16,17). The SMILES string of the molecule is CCCCCOc1cc(CC)c(O)c(C(=O)O)c1. The van der Waals surface area contributed by atoms with Crippen molar-refractivity contribution in [3.63, 3.8) is 0 Å². The molecule has 0 saturated carbocycles. The summed E-state index contributed by atoms with van der Waals surface area (Å²) in [5, 5.41) is 18.8. The summed E-state index contributed by atoms with van der Waals surface area (Å²) in [5.41, 5.74) is 0.500. The second-order valence-corrected chi connectivity index (χ2v) is 4.19. The lowest BCUT2D eigenvalue weighted by atomic mass is 10.1. The number of benzene rings is 1. The fourth-order valence-electron chi connectivity index (χ4n) is 1.72. The van der Waals surface area contributed by atoms with Gasteiger partial charge < -0.3 is 14.9 Å². The Bertz CT molecular complexity index is 413. The van der Waals surface area contributed by atoms with Crippen LogP contribution in [0.15, 0.2) is 12.1 Å². The van der Waals surface area contributed by atoms with Crippen LogP contribution in [0.2, 0.25) is 0 Å². The van der Waals surface area contributed by atoms with Gasteiger partial charge in [-0.3, -0.25) is 0 Å². The van der Waals surface area contributed by atoms with E-state index in [2.05, 4.69) is 6.92 Å². The Labute approximate surface area is 107 Å². The van der Waals surface area contributed by atoms with Gasteiger partial charge in [0.2, 0.25) is 0 Å². The molecule has 100 valence electrons. The van der Waals surface area contributed by atoms with Crippen molar-refractivity contribution >= 4 is 5.97 Å². The minimum atomic E-state index is -1.14. The number of hydrogen-bond acceptors (Lipinski definition) is 3. The van der Waals surface area contributed by atoms with Gasteiger partial charge in [0, 0.05) is 0 Å². The second-order valence-electron chi connectivity index (χ2n) is 4.19. The van der Waals surface area contributed by atoms with E-state index in [0.717, 1.165) is 19.3 Å². The van der Waals surface area contributed by atoms with Crippen LogP contribution < -0.4 is 4.74 Å². The summed E-state index contributed by atoms with van der Waals surface area (Å²) >= 11 is 0. The number of carboxylic acids is 1. The average Bonchev–Trinajstić information content (AvgIpc) is 2.35. The van der Waals surface area contributed by atoms with Gasteiger partial charge in [0.1, 0.15) is 17.1 Å². The maximum absolute atomic E-state index is 11.0.